The first-order valence-corrected chi connectivity index (χ1v) is 5.14. The number of halogens is 1. The molecular formula is C7H9FNO3P. The van der Waals surface area contributed by atoms with Crippen LogP contribution in [0, 0.1) is 5.82 Å². The molecule has 3 N–H and O–H groups in total. The SMILES string of the molecule is O=P(O)(O)NCc1ccc(F)cc1. The summed E-state index contributed by atoms with van der Waals surface area (Å²) < 4.78 is 22.8. The van der Waals surface area contributed by atoms with Crippen LogP contribution < -0.4 is 5.09 Å². The molecule has 0 amide bonds. The molecule has 1 aromatic carbocycles. The molecule has 6 heteroatoms. The van der Waals surface area contributed by atoms with E-state index in [-0.39, 0.29) is 12.4 Å². The van der Waals surface area contributed by atoms with Crippen LogP contribution in [-0.4, -0.2) is 9.79 Å². The van der Waals surface area contributed by atoms with Gasteiger partial charge >= 0.3 is 7.75 Å². The molecular weight excluding hydrogens is 196 g/mol. The van der Waals surface area contributed by atoms with Gasteiger partial charge in [0.2, 0.25) is 0 Å². The lowest BCUT2D eigenvalue weighted by Gasteiger charge is -2.05. The minimum Gasteiger partial charge on any atom is -0.313 e. The fraction of sp³-hybridized carbons (Fsp3) is 0.143. The fourth-order valence-corrected chi connectivity index (χ4v) is 1.19. The predicted octanol–water partition coefficient (Wildman–Crippen LogP) is 1.01. The van der Waals surface area contributed by atoms with E-state index in [1.807, 2.05) is 5.09 Å². The molecule has 4 nitrogen and oxygen atoms in total. The zero-order valence-corrected chi connectivity index (χ0v) is 7.54. The van der Waals surface area contributed by atoms with E-state index in [0.717, 1.165) is 0 Å². The highest BCUT2D eigenvalue weighted by molar-refractivity contribution is 7.49. The zero-order chi connectivity index (χ0) is 9.90. The summed E-state index contributed by atoms with van der Waals surface area (Å²) in [6.07, 6.45) is 0. The van der Waals surface area contributed by atoms with Crippen LogP contribution in [0.25, 0.3) is 0 Å². The standard InChI is InChI=1S/C7H9FNO3P/c8-7-3-1-6(2-4-7)5-9-13(10,11)12/h1-4H,5H2,(H3,9,10,11,12). The molecule has 0 unspecified atom stereocenters. The molecule has 0 atom stereocenters. The molecule has 0 heterocycles. The number of hydrogen-bond acceptors (Lipinski definition) is 1. The topological polar surface area (TPSA) is 69.6 Å². The average molecular weight is 205 g/mol. The van der Waals surface area contributed by atoms with Crippen LogP contribution in [0.2, 0.25) is 0 Å². The third-order valence-electron chi connectivity index (χ3n) is 1.40. The van der Waals surface area contributed by atoms with E-state index in [9.17, 15) is 8.96 Å². The summed E-state index contributed by atoms with van der Waals surface area (Å²) in [7, 11) is -4.19. The molecule has 0 bridgehead atoms. The predicted molar refractivity (Wildman–Crippen MR) is 45.3 cm³/mol. The van der Waals surface area contributed by atoms with E-state index in [1.165, 1.54) is 24.3 Å². The Kier molecular flexibility index (Phi) is 3.17. The van der Waals surface area contributed by atoms with Crippen molar-refractivity contribution in [3.05, 3.63) is 35.6 Å². The van der Waals surface area contributed by atoms with Gasteiger partial charge in [-0.05, 0) is 17.7 Å². The largest absolute Gasteiger partial charge is 0.400 e. The third kappa shape index (κ3) is 4.15. The average Bonchev–Trinajstić information content (AvgIpc) is 2.02. The lowest BCUT2D eigenvalue weighted by molar-refractivity contribution is 0.357. The van der Waals surface area contributed by atoms with E-state index in [0.29, 0.717) is 5.56 Å². The van der Waals surface area contributed by atoms with E-state index < -0.39 is 7.75 Å². The molecule has 0 aromatic heterocycles. The quantitative estimate of drug-likeness (QED) is 0.644. The second-order valence-electron chi connectivity index (χ2n) is 2.51. The molecule has 0 aliphatic rings. The summed E-state index contributed by atoms with van der Waals surface area (Å²) in [5.41, 5.74) is 0.615. The molecule has 1 rings (SSSR count). The molecule has 0 fully saturated rings. The van der Waals surface area contributed by atoms with Crippen molar-refractivity contribution in [3.63, 3.8) is 0 Å². The Hall–Kier alpha value is -0.740. The van der Waals surface area contributed by atoms with Crippen LogP contribution in [0.1, 0.15) is 5.56 Å². The van der Waals surface area contributed by atoms with Gasteiger partial charge in [-0.3, -0.25) is 0 Å². The monoisotopic (exact) mass is 205 g/mol. The summed E-state index contributed by atoms with van der Waals surface area (Å²) in [5.74, 6) is -0.375. The fourth-order valence-electron chi connectivity index (χ4n) is 0.797. The van der Waals surface area contributed by atoms with Crippen molar-refractivity contribution in [1.82, 2.24) is 5.09 Å². The molecule has 0 saturated heterocycles. The van der Waals surface area contributed by atoms with Crippen molar-refractivity contribution >= 4 is 7.75 Å². The van der Waals surface area contributed by atoms with Crippen molar-refractivity contribution < 1.29 is 18.7 Å². The molecule has 0 radical (unpaired) electrons. The smallest absolute Gasteiger partial charge is 0.313 e. The van der Waals surface area contributed by atoms with Gasteiger partial charge in [-0.15, -0.1) is 0 Å². The Morgan fingerprint density at radius 3 is 2.31 bits per heavy atom. The highest BCUT2D eigenvalue weighted by atomic mass is 31.2. The number of benzene rings is 1. The zero-order valence-electron chi connectivity index (χ0n) is 6.64. The van der Waals surface area contributed by atoms with Gasteiger partial charge in [-0.1, -0.05) is 12.1 Å². The molecule has 1 aromatic rings. The Morgan fingerprint density at radius 2 is 1.85 bits per heavy atom. The lowest BCUT2D eigenvalue weighted by atomic mass is 10.2. The molecule has 0 spiro atoms. The molecule has 0 aliphatic heterocycles. The maximum absolute atomic E-state index is 12.4. The van der Waals surface area contributed by atoms with Crippen molar-refractivity contribution in [3.8, 4) is 0 Å². The Bertz CT molecular complexity index is 321. The Morgan fingerprint density at radius 1 is 1.31 bits per heavy atom. The van der Waals surface area contributed by atoms with Crippen molar-refractivity contribution in [2.75, 3.05) is 0 Å². The second kappa shape index (κ2) is 3.98. The van der Waals surface area contributed by atoms with Crippen molar-refractivity contribution in [1.29, 1.82) is 0 Å². The van der Waals surface area contributed by atoms with Crippen LogP contribution >= 0.6 is 7.75 Å². The van der Waals surface area contributed by atoms with Crippen LogP contribution in [-0.2, 0) is 11.1 Å². The van der Waals surface area contributed by atoms with Gasteiger partial charge < -0.3 is 9.79 Å². The minimum atomic E-state index is -4.19. The summed E-state index contributed by atoms with van der Waals surface area (Å²) >= 11 is 0. The van der Waals surface area contributed by atoms with E-state index in [2.05, 4.69) is 0 Å². The maximum Gasteiger partial charge on any atom is 0.400 e. The first-order chi connectivity index (χ1) is 5.97. The third-order valence-corrected chi connectivity index (χ3v) is 1.97. The Balaban J connectivity index is 2.56. The van der Waals surface area contributed by atoms with E-state index in [1.54, 1.807) is 0 Å². The molecule has 13 heavy (non-hydrogen) atoms. The van der Waals surface area contributed by atoms with E-state index in [4.69, 9.17) is 9.79 Å². The van der Waals surface area contributed by atoms with Crippen LogP contribution in [0.3, 0.4) is 0 Å². The van der Waals surface area contributed by atoms with E-state index >= 15 is 0 Å². The van der Waals surface area contributed by atoms with Gasteiger partial charge in [0, 0.05) is 6.54 Å². The highest BCUT2D eigenvalue weighted by Gasteiger charge is 2.10. The Labute approximate surface area is 74.6 Å². The summed E-state index contributed by atoms with van der Waals surface area (Å²) in [6.45, 7) is 0.0184. The van der Waals surface area contributed by atoms with Crippen LogP contribution in [0.5, 0.6) is 0 Å². The van der Waals surface area contributed by atoms with Crippen LogP contribution in [0.4, 0.5) is 4.39 Å². The van der Waals surface area contributed by atoms with Gasteiger partial charge in [-0.2, -0.15) is 0 Å². The van der Waals surface area contributed by atoms with Gasteiger partial charge in [0.25, 0.3) is 0 Å². The van der Waals surface area contributed by atoms with Gasteiger partial charge in [0.15, 0.2) is 0 Å². The number of rotatable bonds is 3. The van der Waals surface area contributed by atoms with Crippen LogP contribution in [0.15, 0.2) is 24.3 Å². The minimum absolute atomic E-state index is 0.0184. The number of hydrogen-bond donors (Lipinski definition) is 3. The maximum atomic E-state index is 12.4. The second-order valence-corrected chi connectivity index (χ2v) is 3.91. The first-order valence-electron chi connectivity index (χ1n) is 3.52. The van der Waals surface area contributed by atoms with Gasteiger partial charge in [-0.25, -0.2) is 14.0 Å². The molecule has 0 saturated carbocycles. The molecule has 0 aliphatic carbocycles. The van der Waals surface area contributed by atoms with Gasteiger partial charge in [0.1, 0.15) is 5.82 Å². The normalized spacial score (nSPS) is 11.6. The first kappa shape index (κ1) is 10.3. The number of nitrogens with one attached hydrogen (secondary N) is 1. The summed E-state index contributed by atoms with van der Waals surface area (Å²) in [4.78, 5) is 16.9. The summed E-state index contributed by atoms with van der Waals surface area (Å²) in [5, 5.41) is 2.00. The lowest BCUT2D eigenvalue weighted by Crippen LogP contribution is -2.08. The van der Waals surface area contributed by atoms with Crippen molar-refractivity contribution in [2.45, 2.75) is 6.54 Å². The highest BCUT2D eigenvalue weighted by Crippen LogP contribution is 2.28. The van der Waals surface area contributed by atoms with Gasteiger partial charge in [0.05, 0.1) is 0 Å². The summed E-state index contributed by atoms with van der Waals surface area (Å²) in [6, 6.07) is 5.38. The van der Waals surface area contributed by atoms with Crippen molar-refractivity contribution in [2.24, 2.45) is 0 Å². The molecule has 72 valence electrons.